The lowest BCUT2D eigenvalue weighted by Crippen LogP contribution is -1.83. The zero-order valence-corrected chi connectivity index (χ0v) is 11.6. The summed E-state index contributed by atoms with van der Waals surface area (Å²) < 4.78 is 14.5. The molecule has 0 aliphatic carbocycles. The zero-order chi connectivity index (χ0) is 11.7. The van der Waals surface area contributed by atoms with Gasteiger partial charge in [0.05, 0.1) is 11.6 Å². The summed E-state index contributed by atoms with van der Waals surface area (Å²) in [7, 11) is 0. The number of thiazole rings is 1. The van der Waals surface area contributed by atoms with Gasteiger partial charge in [-0.1, -0.05) is 15.9 Å². The lowest BCUT2D eigenvalue weighted by atomic mass is 10.2. The van der Waals surface area contributed by atoms with Gasteiger partial charge >= 0.3 is 0 Å². The summed E-state index contributed by atoms with van der Waals surface area (Å²) in [4.78, 5) is 5.31. The van der Waals surface area contributed by atoms with Crippen LogP contribution in [0.25, 0.3) is 10.6 Å². The van der Waals surface area contributed by atoms with Crippen molar-refractivity contribution < 1.29 is 4.39 Å². The Morgan fingerprint density at radius 3 is 2.88 bits per heavy atom. The third-order valence-electron chi connectivity index (χ3n) is 2.17. The largest absolute Gasteiger partial charge is 0.241 e. The van der Waals surface area contributed by atoms with E-state index in [2.05, 4.69) is 20.9 Å². The molecule has 0 aliphatic rings. The molecule has 84 valence electrons. The van der Waals surface area contributed by atoms with Crippen molar-refractivity contribution in [2.24, 2.45) is 0 Å². The summed E-state index contributed by atoms with van der Waals surface area (Å²) in [6.45, 7) is 1.88. The van der Waals surface area contributed by atoms with Crippen molar-refractivity contribution in [2.45, 2.75) is 12.8 Å². The highest BCUT2D eigenvalue weighted by atomic mass is 79.9. The van der Waals surface area contributed by atoms with Crippen LogP contribution in [0.3, 0.4) is 0 Å². The van der Waals surface area contributed by atoms with Gasteiger partial charge in [0.15, 0.2) is 0 Å². The van der Waals surface area contributed by atoms with Crippen molar-refractivity contribution >= 4 is 38.9 Å². The Morgan fingerprint density at radius 2 is 2.25 bits per heavy atom. The molecule has 0 amide bonds. The van der Waals surface area contributed by atoms with Crippen LogP contribution in [0.4, 0.5) is 4.39 Å². The van der Waals surface area contributed by atoms with Crippen LogP contribution in [0.1, 0.15) is 10.6 Å². The molecule has 0 fully saturated rings. The Kier molecular flexibility index (Phi) is 3.62. The van der Waals surface area contributed by atoms with E-state index >= 15 is 0 Å². The summed E-state index contributed by atoms with van der Waals surface area (Å²) in [6, 6.07) is 4.82. The Morgan fingerprint density at radius 1 is 1.50 bits per heavy atom. The normalized spacial score (nSPS) is 10.8. The lowest BCUT2D eigenvalue weighted by molar-refractivity contribution is 0.631. The highest BCUT2D eigenvalue weighted by Gasteiger charge is 2.12. The third-order valence-corrected chi connectivity index (χ3v) is 4.28. The smallest absolute Gasteiger partial charge is 0.133 e. The van der Waals surface area contributed by atoms with Gasteiger partial charge in [0, 0.05) is 14.9 Å². The highest BCUT2D eigenvalue weighted by Crippen LogP contribution is 2.32. The fourth-order valence-electron chi connectivity index (χ4n) is 1.33. The number of aromatic nitrogens is 1. The van der Waals surface area contributed by atoms with Crippen molar-refractivity contribution in [3.05, 3.63) is 39.1 Å². The van der Waals surface area contributed by atoms with Gasteiger partial charge in [-0.05, 0) is 25.1 Å². The number of hydrogen-bond acceptors (Lipinski definition) is 2. The second-order valence-corrected chi connectivity index (χ2v) is 5.55. The van der Waals surface area contributed by atoms with Gasteiger partial charge in [0.1, 0.15) is 10.8 Å². The Hall–Kier alpha value is -0.450. The van der Waals surface area contributed by atoms with Crippen molar-refractivity contribution in [1.82, 2.24) is 4.98 Å². The average Bonchev–Trinajstić information content (AvgIpc) is 2.63. The summed E-state index contributed by atoms with van der Waals surface area (Å²) >= 11 is 10.5. The molecule has 0 saturated carbocycles. The molecule has 5 heteroatoms. The molecule has 16 heavy (non-hydrogen) atoms. The first kappa shape index (κ1) is 12.0. The van der Waals surface area contributed by atoms with Crippen LogP contribution in [0.15, 0.2) is 22.7 Å². The SMILES string of the molecule is Cc1nc(-c2cc(Br)ccc2F)sc1CCl. The molecule has 0 radical (unpaired) electrons. The van der Waals surface area contributed by atoms with Crippen LogP contribution in [-0.4, -0.2) is 4.98 Å². The topological polar surface area (TPSA) is 12.9 Å². The maximum atomic E-state index is 13.6. The molecule has 1 nitrogen and oxygen atoms in total. The van der Waals surface area contributed by atoms with Crippen LogP contribution < -0.4 is 0 Å². The van der Waals surface area contributed by atoms with E-state index in [1.165, 1.54) is 17.4 Å². The number of rotatable bonds is 2. The Labute approximate surface area is 110 Å². The first-order valence-electron chi connectivity index (χ1n) is 4.59. The minimum Gasteiger partial charge on any atom is -0.241 e. The monoisotopic (exact) mass is 319 g/mol. The van der Waals surface area contributed by atoms with Gasteiger partial charge in [-0.15, -0.1) is 22.9 Å². The number of nitrogens with zero attached hydrogens (tertiary/aromatic N) is 1. The van der Waals surface area contributed by atoms with E-state index in [-0.39, 0.29) is 5.82 Å². The molecule has 2 aromatic rings. The van der Waals surface area contributed by atoms with Crippen molar-refractivity contribution in [3.8, 4) is 10.6 Å². The van der Waals surface area contributed by atoms with E-state index in [0.717, 1.165) is 15.0 Å². The minimum atomic E-state index is -0.266. The van der Waals surface area contributed by atoms with Crippen LogP contribution in [-0.2, 0) is 5.88 Å². The Balaban J connectivity index is 2.53. The molecule has 1 aromatic carbocycles. The minimum absolute atomic E-state index is 0.266. The molecule has 1 aromatic heterocycles. The number of alkyl halides is 1. The van der Waals surface area contributed by atoms with Crippen molar-refractivity contribution in [1.29, 1.82) is 0 Å². The number of benzene rings is 1. The molecular weight excluding hydrogens is 313 g/mol. The fraction of sp³-hybridized carbons (Fsp3) is 0.182. The molecule has 0 spiro atoms. The van der Waals surface area contributed by atoms with E-state index in [1.54, 1.807) is 12.1 Å². The predicted molar refractivity (Wildman–Crippen MR) is 69.5 cm³/mol. The molecule has 2 rings (SSSR count). The summed E-state index contributed by atoms with van der Waals surface area (Å²) in [5.41, 5.74) is 1.38. The molecule has 0 unspecified atom stereocenters. The molecule has 0 N–H and O–H groups in total. The van der Waals surface area contributed by atoms with Crippen LogP contribution in [0.2, 0.25) is 0 Å². The lowest BCUT2D eigenvalue weighted by Gasteiger charge is -1.99. The zero-order valence-electron chi connectivity index (χ0n) is 8.43. The van der Waals surface area contributed by atoms with Gasteiger partial charge in [-0.2, -0.15) is 0 Å². The molecule has 0 bridgehead atoms. The van der Waals surface area contributed by atoms with E-state index in [1.807, 2.05) is 6.92 Å². The molecule has 0 aliphatic heterocycles. The van der Waals surface area contributed by atoms with Gasteiger partial charge in [0.25, 0.3) is 0 Å². The number of hydrogen-bond donors (Lipinski definition) is 0. The van der Waals surface area contributed by atoms with Gasteiger partial charge in [-0.25, -0.2) is 9.37 Å². The number of halogens is 3. The molecule has 0 saturated heterocycles. The van der Waals surface area contributed by atoms with Crippen LogP contribution in [0.5, 0.6) is 0 Å². The fourth-order valence-corrected chi connectivity index (χ4v) is 2.98. The second kappa shape index (κ2) is 4.82. The number of aryl methyl sites for hydroxylation is 1. The maximum Gasteiger partial charge on any atom is 0.133 e. The molecular formula is C11H8BrClFNS. The van der Waals surface area contributed by atoms with E-state index in [4.69, 9.17) is 11.6 Å². The van der Waals surface area contributed by atoms with Crippen molar-refractivity contribution in [3.63, 3.8) is 0 Å². The average molecular weight is 321 g/mol. The standard InChI is InChI=1S/C11H8BrClFNS/c1-6-10(5-13)16-11(15-6)8-4-7(12)2-3-9(8)14/h2-4H,5H2,1H3. The van der Waals surface area contributed by atoms with Crippen LogP contribution >= 0.6 is 38.9 Å². The summed E-state index contributed by atoms with van der Waals surface area (Å²) in [5, 5.41) is 0.673. The van der Waals surface area contributed by atoms with Crippen LogP contribution in [0, 0.1) is 12.7 Å². The summed E-state index contributed by atoms with van der Waals surface area (Å²) in [6.07, 6.45) is 0. The first-order valence-corrected chi connectivity index (χ1v) is 6.74. The van der Waals surface area contributed by atoms with Gasteiger partial charge in [-0.3, -0.25) is 0 Å². The maximum absolute atomic E-state index is 13.6. The molecule has 1 heterocycles. The van der Waals surface area contributed by atoms with E-state index < -0.39 is 0 Å². The second-order valence-electron chi connectivity index (χ2n) is 3.29. The molecule has 0 atom stereocenters. The Bertz CT molecular complexity index is 527. The summed E-state index contributed by atoms with van der Waals surface area (Å²) in [5.74, 6) is 0.150. The third kappa shape index (κ3) is 2.29. The first-order chi connectivity index (χ1) is 7.61. The quantitative estimate of drug-likeness (QED) is 0.727. The predicted octanol–water partition coefficient (Wildman–Crippen LogP) is 4.76. The van der Waals surface area contributed by atoms with E-state index in [0.29, 0.717) is 16.5 Å². The van der Waals surface area contributed by atoms with E-state index in [9.17, 15) is 4.39 Å². The van der Waals surface area contributed by atoms with Crippen molar-refractivity contribution in [2.75, 3.05) is 0 Å². The highest BCUT2D eigenvalue weighted by molar-refractivity contribution is 9.10. The van der Waals surface area contributed by atoms with Gasteiger partial charge in [0.2, 0.25) is 0 Å². The van der Waals surface area contributed by atoms with Gasteiger partial charge < -0.3 is 0 Å².